The van der Waals surface area contributed by atoms with Gasteiger partial charge in [-0.1, -0.05) is 11.3 Å². The normalized spacial score (nSPS) is 12.8. The molecule has 1 N–H and O–H groups in total. The molecule has 6 heteroatoms. The molecule has 2 heterocycles. The summed E-state index contributed by atoms with van der Waals surface area (Å²) in [6.07, 6.45) is 0. The Bertz CT molecular complexity index is 745. The maximum atomic E-state index is 12.9. The highest BCUT2D eigenvalue weighted by molar-refractivity contribution is 7.22. The fourth-order valence-corrected chi connectivity index (χ4v) is 2.92. The Labute approximate surface area is 117 Å². The molecule has 0 aliphatic carbocycles. The van der Waals surface area contributed by atoms with Crippen LogP contribution in [0.3, 0.4) is 0 Å². The molecule has 100 valence electrons. The molecule has 0 saturated carbocycles. The summed E-state index contributed by atoms with van der Waals surface area (Å²) in [7, 11) is 0. The van der Waals surface area contributed by atoms with Crippen LogP contribution in [0.25, 0.3) is 10.2 Å². The van der Waals surface area contributed by atoms with E-state index >= 15 is 0 Å². The molecule has 1 aromatic heterocycles. The van der Waals surface area contributed by atoms with Crippen molar-refractivity contribution in [2.75, 3.05) is 12.1 Å². The lowest BCUT2D eigenvalue weighted by molar-refractivity contribution is 0.174. The van der Waals surface area contributed by atoms with E-state index in [-0.39, 0.29) is 12.6 Å². The monoisotopic (exact) mass is 288 g/mol. The standard InChI is InChI=1S/C14H9FN2O2S/c15-8-1-3-9(4-2-8)16-14-17-10-5-11-12(19-7-18-11)6-13(10)20-14/h1-6H,7H2,(H,16,17). The third-order valence-corrected chi connectivity index (χ3v) is 3.91. The van der Waals surface area contributed by atoms with E-state index in [0.29, 0.717) is 0 Å². The van der Waals surface area contributed by atoms with Crippen molar-refractivity contribution >= 4 is 32.4 Å². The van der Waals surface area contributed by atoms with Gasteiger partial charge >= 0.3 is 0 Å². The molecule has 1 aliphatic heterocycles. The number of nitrogens with one attached hydrogen (secondary N) is 1. The van der Waals surface area contributed by atoms with E-state index in [1.165, 1.54) is 23.5 Å². The maximum absolute atomic E-state index is 12.9. The third-order valence-electron chi connectivity index (χ3n) is 2.98. The fourth-order valence-electron chi connectivity index (χ4n) is 2.03. The highest BCUT2D eigenvalue weighted by Gasteiger charge is 2.16. The number of benzene rings is 2. The van der Waals surface area contributed by atoms with Gasteiger partial charge in [0.15, 0.2) is 16.6 Å². The number of rotatable bonds is 2. The summed E-state index contributed by atoms with van der Waals surface area (Å²) in [6.45, 7) is 0.257. The van der Waals surface area contributed by atoms with E-state index in [9.17, 15) is 4.39 Å². The number of nitrogens with zero attached hydrogens (tertiary/aromatic N) is 1. The van der Waals surface area contributed by atoms with E-state index in [1.54, 1.807) is 12.1 Å². The highest BCUT2D eigenvalue weighted by Crippen LogP contribution is 2.39. The highest BCUT2D eigenvalue weighted by atomic mass is 32.1. The zero-order valence-electron chi connectivity index (χ0n) is 10.2. The van der Waals surface area contributed by atoms with E-state index in [4.69, 9.17) is 9.47 Å². The summed E-state index contributed by atoms with van der Waals surface area (Å²) in [5.41, 5.74) is 1.65. The Kier molecular flexibility index (Phi) is 2.50. The average molecular weight is 288 g/mol. The van der Waals surface area contributed by atoms with E-state index in [1.807, 2.05) is 12.1 Å². The predicted octanol–water partition coefficient (Wildman–Crippen LogP) is 3.91. The van der Waals surface area contributed by atoms with Crippen molar-refractivity contribution in [3.8, 4) is 11.5 Å². The molecule has 4 rings (SSSR count). The number of anilines is 2. The number of hydrogen-bond acceptors (Lipinski definition) is 5. The Morgan fingerprint density at radius 3 is 2.65 bits per heavy atom. The van der Waals surface area contributed by atoms with Crippen LogP contribution >= 0.6 is 11.3 Å². The Balaban J connectivity index is 1.69. The molecular formula is C14H9FN2O2S. The predicted molar refractivity (Wildman–Crippen MR) is 75.4 cm³/mol. The SMILES string of the molecule is Fc1ccc(Nc2nc3cc4c(cc3s2)OCO4)cc1. The van der Waals surface area contributed by atoms with Crippen LogP contribution in [0.15, 0.2) is 36.4 Å². The molecule has 0 atom stereocenters. The smallest absolute Gasteiger partial charge is 0.231 e. The first-order chi connectivity index (χ1) is 9.78. The lowest BCUT2D eigenvalue weighted by Gasteiger charge is -2.00. The van der Waals surface area contributed by atoms with Gasteiger partial charge in [-0.15, -0.1) is 0 Å². The summed E-state index contributed by atoms with van der Waals surface area (Å²) in [6, 6.07) is 9.95. The minimum absolute atomic E-state index is 0.257. The van der Waals surface area contributed by atoms with Crippen LogP contribution in [0.5, 0.6) is 11.5 Å². The average Bonchev–Trinajstić information content (AvgIpc) is 3.03. The summed E-state index contributed by atoms with van der Waals surface area (Å²) in [5.74, 6) is 1.20. The second-order valence-corrected chi connectivity index (χ2v) is 5.35. The first-order valence-electron chi connectivity index (χ1n) is 6.01. The number of fused-ring (bicyclic) bond motifs is 2. The zero-order valence-corrected chi connectivity index (χ0v) is 11.0. The van der Waals surface area contributed by atoms with Crippen molar-refractivity contribution in [2.24, 2.45) is 0 Å². The van der Waals surface area contributed by atoms with Crippen molar-refractivity contribution in [1.29, 1.82) is 0 Å². The molecule has 0 saturated heterocycles. The number of thiazole rings is 1. The largest absolute Gasteiger partial charge is 0.454 e. The van der Waals surface area contributed by atoms with Gasteiger partial charge in [0.1, 0.15) is 5.82 Å². The second kappa shape index (κ2) is 4.35. The first kappa shape index (κ1) is 11.5. The minimum atomic E-state index is -0.259. The van der Waals surface area contributed by atoms with E-state index in [2.05, 4.69) is 10.3 Å². The molecule has 0 bridgehead atoms. The number of aromatic nitrogens is 1. The quantitative estimate of drug-likeness (QED) is 0.776. The Hall–Kier alpha value is -2.34. The fraction of sp³-hybridized carbons (Fsp3) is 0.0714. The maximum Gasteiger partial charge on any atom is 0.231 e. The van der Waals surface area contributed by atoms with Gasteiger partial charge in [0.25, 0.3) is 0 Å². The van der Waals surface area contributed by atoms with Crippen LogP contribution in [0.1, 0.15) is 0 Å². The van der Waals surface area contributed by atoms with Gasteiger partial charge in [-0.3, -0.25) is 0 Å². The van der Waals surface area contributed by atoms with Crippen LogP contribution in [0.4, 0.5) is 15.2 Å². The van der Waals surface area contributed by atoms with Crippen LogP contribution in [-0.4, -0.2) is 11.8 Å². The van der Waals surface area contributed by atoms with Crippen LogP contribution in [0.2, 0.25) is 0 Å². The van der Waals surface area contributed by atoms with Gasteiger partial charge in [0.05, 0.1) is 10.2 Å². The molecule has 4 nitrogen and oxygen atoms in total. The molecule has 0 radical (unpaired) electrons. The Morgan fingerprint density at radius 2 is 1.85 bits per heavy atom. The second-order valence-electron chi connectivity index (χ2n) is 4.32. The number of ether oxygens (including phenoxy) is 2. The molecule has 2 aromatic carbocycles. The molecule has 0 amide bonds. The molecule has 1 aliphatic rings. The van der Waals surface area contributed by atoms with Crippen molar-refractivity contribution in [1.82, 2.24) is 4.98 Å². The summed E-state index contributed by atoms with van der Waals surface area (Å²) in [4.78, 5) is 4.49. The first-order valence-corrected chi connectivity index (χ1v) is 6.82. The molecule has 20 heavy (non-hydrogen) atoms. The molecular weight excluding hydrogens is 279 g/mol. The van der Waals surface area contributed by atoms with Crippen molar-refractivity contribution in [3.05, 3.63) is 42.2 Å². The van der Waals surface area contributed by atoms with Crippen molar-refractivity contribution < 1.29 is 13.9 Å². The van der Waals surface area contributed by atoms with Gasteiger partial charge in [-0.05, 0) is 24.3 Å². The minimum Gasteiger partial charge on any atom is -0.454 e. The summed E-state index contributed by atoms with van der Waals surface area (Å²) < 4.78 is 24.5. The topological polar surface area (TPSA) is 43.4 Å². The lowest BCUT2D eigenvalue weighted by atomic mass is 10.3. The summed E-state index contributed by atoms with van der Waals surface area (Å²) >= 11 is 1.51. The van der Waals surface area contributed by atoms with Crippen LogP contribution in [0, 0.1) is 5.82 Å². The number of halogens is 1. The van der Waals surface area contributed by atoms with Gasteiger partial charge in [0.2, 0.25) is 6.79 Å². The Morgan fingerprint density at radius 1 is 1.10 bits per heavy atom. The molecule has 0 spiro atoms. The van der Waals surface area contributed by atoms with Crippen LogP contribution in [-0.2, 0) is 0 Å². The van der Waals surface area contributed by atoms with Crippen molar-refractivity contribution in [2.45, 2.75) is 0 Å². The van der Waals surface area contributed by atoms with Gasteiger partial charge in [-0.25, -0.2) is 9.37 Å². The van der Waals surface area contributed by atoms with Crippen molar-refractivity contribution in [3.63, 3.8) is 0 Å². The van der Waals surface area contributed by atoms with E-state index in [0.717, 1.165) is 32.5 Å². The van der Waals surface area contributed by atoms with E-state index < -0.39 is 0 Å². The third kappa shape index (κ3) is 1.94. The van der Waals surface area contributed by atoms with Gasteiger partial charge < -0.3 is 14.8 Å². The molecule has 0 fully saturated rings. The van der Waals surface area contributed by atoms with Gasteiger partial charge in [0, 0.05) is 17.8 Å². The molecule has 3 aromatic rings. The molecule has 0 unspecified atom stereocenters. The lowest BCUT2D eigenvalue weighted by Crippen LogP contribution is -1.92. The van der Waals surface area contributed by atoms with Crippen LogP contribution < -0.4 is 14.8 Å². The summed E-state index contributed by atoms with van der Waals surface area (Å²) in [5, 5.41) is 3.90. The zero-order chi connectivity index (χ0) is 13.5. The number of hydrogen-bond donors (Lipinski definition) is 1. The van der Waals surface area contributed by atoms with Gasteiger partial charge in [-0.2, -0.15) is 0 Å².